The summed E-state index contributed by atoms with van der Waals surface area (Å²) in [6.45, 7) is 3.03. The van der Waals surface area contributed by atoms with E-state index in [0.29, 0.717) is 5.75 Å². The number of nitro groups is 1. The van der Waals surface area contributed by atoms with Crippen LogP contribution in [0.5, 0.6) is 5.75 Å². The second-order valence-electron chi connectivity index (χ2n) is 5.66. The van der Waals surface area contributed by atoms with E-state index in [4.69, 9.17) is 4.74 Å². The van der Waals surface area contributed by atoms with E-state index in [1.54, 1.807) is 6.92 Å². The van der Waals surface area contributed by atoms with Crippen molar-refractivity contribution in [2.24, 2.45) is 0 Å². The Morgan fingerprint density at radius 1 is 1.19 bits per heavy atom. The van der Waals surface area contributed by atoms with Gasteiger partial charge in [0.15, 0.2) is 6.10 Å². The molecule has 2 aromatic carbocycles. The van der Waals surface area contributed by atoms with Gasteiger partial charge >= 0.3 is 0 Å². The highest BCUT2D eigenvalue weighted by molar-refractivity contribution is 7.92. The van der Waals surface area contributed by atoms with E-state index < -0.39 is 21.1 Å². The maximum Gasteiger partial charge on any atom is 0.274 e. The Labute approximate surface area is 156 Å². The summed E-state index contributed by atoms with van der Waals surface area (Å²) in [6, 6.07) is 9.64. The summed E-state index contributed by atoms with van der Waals surface area (Å²) in [6.07, 6.45) is -0.733. The number of nitro benzene ring substituents is 1. The normalized spacial score (nSPS) is 12.1. The minimum atomic E-state index is -3.95. The van der Waals surface area contributed by atoms with Crippen LogP contribution >= 0.6 is 0 Å². The maximum atomic E-state index is 12.5. The molecule has 0 fully saturated rings. The molecular weight excluding hydrogens is 374 g/mol. The lowest BCUT2D eigenvalue weighted by molar-refractivity contribution is -0.385. The number of hydrogen-bond donors (Lipinski definition) is 2. The Bertz CT molecular complexity index is 957. The number of ether oxygens (including phenoxy) is 1. The highest BCUT2D eigenvalue weighted by atomic mass is 32.2. The molecule has 0 heterocycles. The minimum Gasteiger partial charge on any atom is -0.481 e. The molecule has 0 spiro atoms. The molecule has 0 aliphatic rings. The van der Waals surface area contributed by atoms with Gasteiger partial charge in [0.1, 0.15) is 5.75 Å². The van der Waals surface area contributed by atoms with Crippen molar-refractivity contribution >= 4 is 27.3 Å². The van der Waals surface area contributed by atoms with Crippen molar-refractivity contribution in [3.63, 3.8) is 0 Å². The van der Waals surface area contributed by atoms with Crippen LogP contribution in [0.1, 0.15) is 12.5 Å². The molecule has 0 bridgehead atoms. The standard InChI is InChI=1S/C17H19N3O6S/c1-11-15(5-4-6-16(11)20(22)23)19-27(24,25)14-9-7-13(8-10-14)26-12(2)17(21)18-3/h4-10,12,19H,1-3H3,(H,18,21)/t12-/m0/s1. The predicted octanol–water partition coefficient (Wildman–Crippen LogP) is 2.22. The Morgan fingerprint density at radius 3 is 2.37 bits per heavy atom. The van der Waals surface area contributed by atoms with Crippen LogP contribution in [0.3, 0.4) is 0 Å². The number of carbonyl (C=O) groups excluding carboxylic acids is 1. The highest BCUT2D eigenvalue weighted by Crippen LogP contribution is 2.27. The summed E-state index contributed by atoms with van der Waals surface area (Å²) < 4.78 is 32.8. The Morgan fingerprint density at radius 2 is 1.81 bits per heavy atom. The average Bonchev–Trinajstić information content (AvgIpc) is 2.62. The van der Waals surface area contributed by atoms with E-state index in [-0.39, 0.29) is 27.7 Å². The Balaban J connectivity index is 2.22. The number of anilines is 1. The van der Waals surface area contributed by atoms with Crippen LogP contribution in [0.25, 0.3) is 0 Å². The van der Waals surface area contributed by atoms with Gasteiger partial charge < -0.3 is 10.1 Å². The fourth-order valence-corrected chi connectivity index (χ4v) is 3.42. The third-order valence-corrected chi connectivity index (χ3v) is 5.19. The maximum absolute atomic E-state index is 12.5. The van der Waals surface area contributed by atoms with Gasteiger partial charge in [0.25, 0.3) is 21.6 Å². The van der Waals surface area contributed by atoms with Gasteiger partial charge in [0.05, 0.1) is 21.1 Å². The zero-order valence-electron chi connectivity index (χ0n) is 14.9. The Kier molecular flexibility index (Phi) is 6.01. The molecule has 9 nitrogen and oxygen atoms in total. The number of likely N-dealkylation sites (N-methyl/N-ethyl adjacent to an activating group) is 1. The molecule has 0 saturated heterocycles. The first kappa shape index (κ1) is 20.2. The van der Waals surface area contributed by atoms with E-state index in [9.17, 15) is 23.3 Å². The van der Waals surface area contributed by atoms with Crippen LogP contribution in [0, 0.1) is 17.0 Å². The molecule has 144 valence electrons. The van der Waals surface area contributed by atoms with Crippen molar-refractivity contribution in [1.29, 1.82) is 0 Å². The monoisotopic (exact) mass is 393 g/mol. The van der Waals surface area contributed by atoms with E-state index in [1.807, 2.05) is 0 Å². The molecule has 1 amide bonds. The molecule has 0 unspecified atom stereocenters. The summed E-state index contributed by atoms with van der Waals surface area (Å²) >= 11 is 0. The zero-order chi connectivity index (χ0) is 20.2. The molecule has 2 N–H and O–H groups in total. The van der Waals surface area contributed by atoms with E-state index in [0.717, 1.165) is 0 Å². The zero-order valence-corrected chi connectivity index (χ0v) is 15.7. The van der Waals surface area contributed by atoms with Crippen molar-refractivity contribution in [3.05, 3.63) is 58.1 Å². The van der Waals surface area contributed by atoms with Crippen LogP contribution in [0.4, 0.5) is 11.4 Å². The topological polar surface area (TPSA) is 128 Å². The van der Waals surface area contributed by atoms with E-state index >= 15 is 0 Å². The molecule has 1 atom stereocenters. The fraction of sp³-hybridized carbons (Fsp3) is 0.235. The van der Waals surface area contributed by atoms with Crippen molar-refractivity contribution < 1.29 is 22.9 Å². The van der Waals surface area contributed by atoms with Gasteiger partial charge in [-0.2, -0.15) is 0 Å². The lowest BCUT2D eigenvalue weighted by Crippen LogP contribution is -2.33. The summed E-state index contributed by atoms with van der Waals surface area (Å²) in [5.41, 5.74) is 0.158. The fourth-order valence-electron chi connectivity index (χ4n) is 2.29. The quantitative estimate of drug-likeness (QED) is 0.548. The van der Waals surface area contributed by atoms with Crippen molar-refractivity contribution in [2.75, 3.05) is 11.8 Å². The number of carbonyl (C=O) groups is 1. The molecule has 27 heavy (non-hydrogen) atoms. The molecule has 10 heteroatoms. The summed E-state index contributed by atoms with van der Waals surface area (Å²) in [4.78, 5) is 21.8. The second-order valence-corrected chi connectivity index (χ2v) is 7.34. The van der Waals surface area contributed by atoms with Gasteiger partial charge in [0.2, 0.25) is 0 Å². The molecule has 0 saturated carbocycles. The molecule has 0 aliphatic heterocycles. The van der Waals surface area contributed by atoms with Gasteiger partial charge in [-0.05, 0) is 44.2 Å². The van der Waals surface area contributed by atoms with Crippen molar-refractivity contribution in [2.45, 2.75) is 24.8 Å². The van der Waals surface area contributed by atoms with E-state index in [1.165, 1.54) is 56.4 Å². The summed E-state index contributed by atoms with van der Waals surface area (Å²) in [7, 11) is -2.47. The van der Waals surface area contributed by atoms with Crippen LogP contribution < -0.4 is 14.8 Å². The number of rotatable bonds is 7. The van der Waals surface area contributed by atoms with Crippen LogP contribution in [0.15, 0.2) is 47.4 Å². The molecule has 0 radical (unpaired) electrons. The van der Waals surface area contributed by atoms with Crippen molar-refractivity contribution in [3.8, 4) is 5.75 Å². The Hall–Kier alpha value is -3.14. The van der Waals surface area contributed by atoms with Crippen molar-refractivity contribution in [1.82, 2.24) is 5.32 Å². The minimum absolute atomic E-state index is 0.0478. The van der Waals surface area contributed by atoms with Gasteiger partial charge in [0, 0.05) is 13.1 Å². The van der Waals surface area contributed by atoms with Crippen LogP contribution in [0.2, 0.25) is 0 Å². The number of amides is 1. The first-order chi connectivity index (χ1) is 12.7. The van der Waals surface area contributed by atoms with E-state index in [2.05, 4.69) is 10.0 Å². The molecular formula is C17H19N3O6S. The molecule has 0 aliphatic carbocycles. The number of hydrogen-bond acceptors (Lipinski definition) is 6. The van der Waals surface area contributed by atoms with Gasteiger partial charge in [-0.15, -0.1) is 0 Å². The van der Waals surface area contributed by atoms with Gasteiger partial charge in [-0.25, -0.2) is 8.42 Å². The lowest BCUT2D eigenvalue weighted by atomic mass is 10.2. The first-order valence-electron chi connectivity index (χ1n) is 7.91. The predicted molar refractivity (Wildman–Crippen MR) is 99.2 cm³/mol. The van der Waals surface area contributed by atoms with Gasteiger partial charge in [-0.1, -0.05) is 6.07 Å². The smallest absolute Gasteiger partial charge is 0.274 e. The third-order valence-electron chi connectivity index (χ3n) is 3.81. The molecule has 2 rings (SSSR count). The highest BCUT2D eigenvalue weighted by Gasteiger charge is 2.20. The number of sulfonamides is 1. The summed E-state index contributed by atoms with van der Waals surface area (Å²) in [5, 5.41) is 13.4. The first-order valence-corrected chi connectivity index (χ1v) is 9.39. The molecule has 2 aromatic rings. The molecule has 0 aromatic heterocycles. The number of nitrogens with zero attached hydrogens (tertiary/aromatic N) is 1. The third kappa shape index (κ3) is 4.73. The average molecular weight is 393 g/mol. The summed E-state index contributed by atoms with van der Waals surface area (Å²) in [5.74, 6) is 0.0195. The number of nitrogens with one attached hydrogen (secondary N) is 2. The van der Waals surface area contributed by atoms with Gasteiger partial charge in [-0.3, -0.25) is 19.6 Å². The number of benzene rings is 2. The van der Waals surface area contributed by atoms with Crippen LogP contribution in [-0.4, -0.2) is 32.4 Å². The largest absolute Gasteiger partial charge is 0.481 e. The second kappa shape index (κ2) is 8.04. The lowest BCUT2D eigenvalue weighted by Gasteiger charge is -2.14. The van der Waals surface area contributed by atoms with Crippen LogP contribution in [-0.2, 0) is 14.8 Å². The SMILES string of the molecule is CNC(=O)[C@H](C)Oc1ccc(S(=O)(=O)Nc2cccc([N+](=O)[O-])c2C)cc1.